The summed E-state index contributed by atoms with van der Waals surface area (Å²) in [4.78, 5) is 41.3. The molecule has 32 heavy (non-hydrogen) atoms. The van der Waals surface area contributed by atoms with Crippen LogP contribution in [-0.2, 0) is 9.31 Å². The molecule has 12 heteroatoms. The molecule has 0 unspecified atom stereocenters. The van der Waals surface area contributed by atoms with Gasteiger partial charge in [0.1, 0.15) is 0 Å². The van der Waals surface area contributed by atoms with E-state index in [1.54, 1.807) is 12.1 Å². The van der Waals surface area contributed by atoms with Gasteiger partial charge in [0.05, 0.1) is 32.2 Å². The van der Waals surface area contributed by atoms with Gasteiger partial charge < -0.3 is 9.31 Å². The van der Waals surface area contributed by atoms with Gasteiger partial charge in [0.15, 0.2) is 12.6 Å². The molecule has 0 amide bonds. The highest BCUT2D eigenvalue weighted by Crippen LogP contribution is 2.36. The Morgan fingerprint density at radius 3 is 1.72 bits per heavy atom. The zero-order valence-electron chi connectivity index (χ0n) is 17.7. The normalized spacial score (nSPS) is 16.0. The van der Waals surface area contributed by atoms with Gasteiger partial charge in [-0.25, -0.2) is 0 Å². The third kappa shape index (κ3) is 5.45. The second-order valence-corrected chi connectivity index (χ2v) is 8.78. The fraction of sp³-hybridized carbons (Fsp3) is 0.300. The van der Waals surface area contributed by atoms with Gasteiger partial charge in [-0.15, -0.1) is 0 Å². The molecule has 0 radical (unpaired) electrons. The summed E-state index contributed by atoms with van der Waals surface area (Å²) in [5, 5.41) is 21.3. The third-order valence-electron chi connectivity index (χ3n) is 5.22. The summed E-state index contributed by atoms with van der Waals surface area (Å²) < 4.78 is 12.2. The maximum Gasteiger partial charge on any atom is 0.495 e. The molecule has 0 aromatic heterocycles. The molecule has 0 atom stereocenters. The molecule has 2 aromatic carbocycles. The molecule has 1 aliphatic rings. The lowest BCUT2D eigenvalue weighted by atomic mass is 9.78. The lowest BCUT2D eigenvalue weighted by Gasteiger charge is -2.32. The third-order valence-corrected chi connectivity index (χ3v) is 5.71. The molecule has 1 heterocycles. The summed E-state index contributed by atoms with van der Waals surface area (Å²) in [6.07, 6.45) is 0.927. The quantitative estimate of drug-likeness (QED) is 0.257. The molecular weight excluding hydrogens is 487 g/mol. The number of benzene rings is 2. The van der Waals surface area contributed by atoms with E-state index in [9.17, 15) is 29.8 Å². The van der Waals surface area contributed by atoms with Crippen molar-refractivity contribution in [2.75, 3.05) is 0 Å². The van der Waals surface area contributed by atoms with E-state index in [2.05, 4.69) is 15.9 Å². The summed E-state index contributed by atoms with van der Waals surface area (Å²) in [6, 6.07) is 8.62. The summed E-state index contributed by atoms with van der Waals surface area (Å²) >= 11 is 3.07. The number of carbonyl (C=O) groups is 2. The van der Waals surface area contributed by atoms with Crippen LogP contribution in [0.25, 0.3) is 0 Å². The highest BCUT2D eigenvalue weighted by atomic mass is 79.9. The molecule has 2 aromatic rings. The zero-order valence-corrected chi connectivity index (χ0v) is 19.3. The molecule has 0 aliphatic carbocycles. The minimum Gasteiger partial charge on any atom is -0.399 e. The van der Waals surface area contributed by atoms with Gasteiger partial charge in [-0.3, -0.25) is 29.8 Å². The van der Waals surface area contributed by atoms with E-state index in [4.69, 9.17) is 9.31 Å². The lowest BCUT2D eigenvalue weighted by molar-refractivity contribution is -0.385. The van der Waals surface area contributed by atoms with E-state index < -0.39 is 28.2 Å². The summed E-state index contributed by atoms with van der Waals surface area (Å²) in [5.41, 5.74) is -0.808. The van der Waals surface area contributed by atoms with Gasteiger partial charge in [-0.05, 0) is 51.4 Å². The van der Waals surface area contributed by atoms with Crippen LogP contribution in [0.3, 0.4) is 0 Å². The number of hydrogen-bond donors (Lipinski definition) is 0. The first-order chi connectivity index (χ1) is 14.8. The van der Waals surface area contributed by atoms with Crippen LogP contribution in [0, 0.1) is 20.2 Å². The van der Waals surface area contributed by atoms with Crippen molar-refractivity contribution < 1.29 is 28.7 Å². The second-order valence-electron chi connectivity index (χ2n) is 7.86. The standard InChI is InChI=1S/C13H16BNO5.C7H4BrNO3/c1-12(2)13(3,4)20-14(19-12)10-6-5-9(8-16)11(7-10)15(17)18;8-6-2-1-5(4-10)7(3-6)9(11)12/h5-8H,1-4H3;1-4H. The Hall–Kier alpha value is -2.96. The minimum absolute atomic E-state index is 0.0373. The van der Waals surface area contributed by atoms with E-state index in [1.807, 2.05) is 27.7 Å². The maximum atomic E-state index is 11.0. The van der Waals surface area contributed by atoms with E-state index in [-0.39, 0.29) is 22.5 Å². The number of carbonyl (C=O) groups excluding carboxylic acids is 2. The molecule has 168 valence electrons. The first-order valence-electron chi connectivity index (χ1n) is 9.31. The molecule has 1 aliphatic heterocycles. The Labute approximate surface area is 192 Å². The molecule has 1 fully saturated rings. The number of halogens is 1. The Morgan fingerprint density at radius 1 is 0.844 bits per heavy atom. The van der Waals surface area contributed by atoms with Gasteiger partial charge >= 0.3 is 7.12 Å². The Kier molecular flexibility index (Phi) is 7.65. The van der Waals surface area contributed by atoms with Crippen LogP contribution >= 0.6 is 15.9 Å². The Morgan fingerprint density at radius 2 is 1.28 bits per heavy atom. The van der Waals surface area contributed by atoms with Crippen molar-refractivity contribution >= 4 is 52.5 Å². The second kappa shape index (κ2) is 9.68. The average Bonchev–Trinajstić information content (AvgIpc) is 2.94. The first kappa shape index (κ1) is 25.3. The number of aldehydes is 2. The van der Waals surface area contributed by atoms with Crippen LogP contribution in [0.1, 0.15) is 48.4 Å². The van der Waals surface area contributed by atoms with E-state index in [0.717, 1.165) is 0 Å². The van der Waals surface area contributed by atoms with Crippen LogP contribution in [0.5, 0.6) is 0 Å². The highest BCUT2D eigenvalue weighted by molar-refractivity contribution is 9.10. The molecule has 3 rings (SSSR count). The van der Waals surface area contributed by atoms with E-state index in [1.165, 1.54) is 24.3 Å². The number of rotatable bonds is 5. The number of nitro benzene ring substituents is 2. The van der Waals surface area contributed by atoms with Gasteiger partial charge in [0.25, 0.3) is 11.4 Å². The van der Waals surface area contributed by atoms with Crippen molar-refractivity contribution in [1.29, 1.82) is 0 Å². The molecule has 1 saturated heterocycles. The summed E-state index contributed by atoms with van der Waals surface area (Å²) in [6.45, 7) is 7.62. The number of nitro groups is 2. The molecule has 0 spiro atoms. The Bertz CT molecular complexity index is 1060. The predicted octanol–water partition coefficient (Wildman–Crippen LogP) is 3.88. The number of hydrogen-bond acceptors (Lipinski definition) is 8. The van der Waals surface area contributed by atoms with Crippen molar-refractivity contribution in [3.05, 3.63) is 72.2 Å². The fourth-order valence-electron chi connectivity index (χ4n) is 2.72. The van der Waals surface area contributed by atoms with Crippen molar-refractivity contribution in [1.82, 2.24) is 0 Å². The van der Waals surface area contributed by atoms with Crippen LogP contribution in [0.4, 0.5) is 11.4 Å². The van der Waals surface area contributed by atoms with Crippen molar-refractivity contribution in [3.63, 3.8) is 0 Å². The molecule has 0 N–H and O–H groups in total. The fourth-order valence-corrected chi connectivity index (χ4v) is 3.07. The maximum absolute atomic E-state index is 11.0. The van der Waals surface area contributed by atoms with Gasteiger partial charge in [-0.2, -0.15) is 0 Å². The Balaban J connectivity index is 0.000000258. The minimum atomic E-state index is -0.681. The van der Waals surface area contributed by atoms with Crippen LogP contribution < -0.4 is 5.46 Å². The molecule has 0 bridgehead atoms. The van der Waals surface area contributed by atoms with Crippen LogP contribution in [0.2, 0.25) is 0 Å². The SMILES string of the molecule is CC1(C)OB(c2ccc(C=O)c([N+](=O)[O-])c2)OC1(C)C.O=Cc1ccc(Br)cc1[N+](=O)[O-]. The largest absolute Gasteiger partial charge is 0.495 e. The highest BCUT2D eigenvalue weighted by Gasteiger charge is 2.52. The van der Waals surface area contributed by atoms with Crippen LogP contribution in [-0.4, -0.2) is 40.7 Å². The van der Waals surface area contributed by atoms with E-state index in [0.29, 0.717) is 22.5 Å². The lowest BCUT2D eigenvalue weighted by Crippen LogP contribution is -2.41. The number of nitrogens with zero attached hydrogens (tertiary/aromatic N) is 2. The van der Waals surface area contributed by atoms with Crippen LogP contribution in [0.15, 0.2) is 40.9 Å². The monoisotopic (exact) mass is 506 g/mol. The summed E-state index contributed by atoms with van der Waals surface area (Å²) in [7, 11) is -0.681. The van der Waals surface area contributed by atoms with Crippen molar-refractivity contribution in [2.45, 2.75) is 38.9 Å². The van der Waals surface area contributed by atoms with Gasteiger partial charge in [-0.1, -0.05) is 22.0 Å². The van der Waals surface area contributed by atoms with Crippen molar-refractivity contribution in [2.24, 2.45) is 0 Å². The first-order valence-corrected chi connectivity index (χ1v) is 10.1. The van der Waals surface area contributed by atoms with E-state index >= 15 is 0 Å². The predicted molar refractivity (Wildman–Crippen MR) is 120 cm³/mol. The molecule has 10 nitrogen and oxygen atoms in total. The zero-order chi connectivity index (χ0) is 24.3. The van der Waals surface area contributed by atoms with Gasteiger partial charge in [0, 0.05) is 16.6 Å². The van der Waals surface area contributed by atoms with Gasteiger partial charge in [0.2, 0.25) is 0 Å². The summed E-state index contributed by atoms with van der Waals surface area (Å²) in [5.74, 6) is 0. The molecular formula is C20H20BBrN2O8. The average molecular weight is 507 g/mol. The van der Waals surface area contributed by atoms with Crippen molar-refractivity contribution in [3.8, 4) is 0 Å². The smallest absolute Gasteiger partial charge is 0.399 e. The topological polar surface area (TPSA) is 139 Å². The molecule has 0 saturated carbocycles.